The number of pyridine rings is 1. The van der Waals surface area contributed by atoms with E-state index in [1.54, 1.807) is 24.5 Å². The fraction of sp³-hybridized carbons (Fsp3) is 0.0500. The Morgan fingerprint density at radius 2 is 1.92 bits per heavy atom. The van der Waals surface area contributed by atoms with E-state index in [9.17, 15) is 10.1 Å². The highest BCUT2D eigenvalue weighted by Gasteiger charge is 2.16. The maximum Gasteiger partial charge on any atom is 0.252 e. The molecule has 0 saturated carbocycles. The Labute approximate surface area is 144 Å². The molecule has 0 radical (unpaired) electrons. The van der Waals surface area contributed by atoms with Crippen LogP contribution in [0.3, 0.4) is 0 Å². The lowest BCUT2D eigenvalue weighted by atomic mass is 10.0. The number of hydrogen-bond donors (Lipinski definition) is 1. The van der Waals surface area contributed by atoms with Crippen molar-refractivity contribution in [3.8, 4) is 6.07 Å². The molecule has 120 valence electrons. The van der Waals surface area contributed by atoms with Crippen molar-refractivity contribution in [2.45, 2.75) is 6.04 Å². The van der Waals surface area contributed by atoms with E-state index in [4.69, 9.17) is 0 Å². The number of imidazole rings is 1. The third-order valence-electron chi connectivity index (χ3n) is 4.17. The lowest BCUT2D eigenvalue weighted by Gasteiger charge is -2.13. The zero-order valence-corrected chi connectivity index (χ0v) is 13.3. The molecule has 0 bridgehead atoms. The first-order valence-electron chi connectivity index (χ1n) is 7.86. The highest BCUT2D eigenvalue weighted by molar-refractivity contribution is 5.95. The molecule has 2 aromatic heterocycles. The van der Waals surface area contributed by atoms with Gasteiger partial charge in [0, 0.05) is 24.2 Å². The van der Waals surface area contributed by atoms with Gasteiger partial charge in [-0.15, -0.1) is 0 Å². The summed E-state index contributed by atoms with van der Waals surface area (Å²) in [6, 6.07) is 18.5. The van der Waals surface area contributed by atoms with Gasteiger partial charge in [-0.2, -0.15) is 5.26 Å². The first-order valence-corrected chi connectivity index (χ1v) is 7.86. The van der Waals surface area contributed by atoms with Crippen LogP contribution in [0, 0.1) is 11.3 Å². The smallest absolute Gasteiger partial charge is 0.252 e. The monoisotopic (exact) mass is 326 g/mol. The molecule has 2 aromatic carbocycles. The number of rotatable bonds is 3. The molecule has 1 N–H and O–H groups in total. The number of hydrogen-bond acceptors (Lipinski definition) is 3. The number of amides is 1. The third-order valence-corrected chi connectivity index (χ3v) is 4.17. The number of carbonyl (C=O) groups is 1. The molecule has 5 heteroatoms. The Morgan fingerprint density at radius 3 is 2.76 bits per heavy atom. The Hall–Kier alpha value is -3.65. The molecule has 5 nitrogen and oxygen atoms in total. The van der Waals surface area contributed by atoms with E-state index in [1.807, 2.05) is 53.1 Å². The van der Waals surface area contributed by atoms with Gasteiger partial charge in [-0.3, -0.25) is 4.79 Å². The van der Waals surface area contributed by atoms with Gasteiger partial charge >= 0.3 is 0 Å². The molecule has 2 heterocycles. The quantitative estimate of drug-likeness (QED) is 0.626. The van der Waals surface area contributed by atoms with E-state index in [0.717, 1.165) is 16.3 Å². The second-order valence-corrected chi connectivity index (χ2v) is 5.75. The van der Waals surface area contributed by atoms with Gasteiger partial charge in [0.15, 0.2) is 0 Å². The summed E-state index contributed by atoms with van der Waals surface area (Å²) in [6.45, 7) is 0. The van der Waals surface area contributed by atoms with E-state index in [2.05, 4.69) is 16.4 Å². The summed E-state index contributed by atoms with van der Waals surface area (Å²) in [7, 11) is 0. The van der Waals surface area contributed by atoms with Crippen LogP contribution in [0.15, 0.2) is 73.2 Å². The van der Waals surface area contributed by atoms with Crippen LogP contribution in [0.25, 0.3) is 16.4 Å². The van der Waals surface area contributed by atoms with Crippen LogP contribution in [0.4, 0.5) is 0 Å². The fourth-order valence-corrected chi connectivity index (χ4v) is 2.84. The number of fused-ring (bicyclic) bond motifs is 2. The number of nitrogens with one attached hydrogen (secondary N) is 1. The Kier molecular flexibility index (Phi) is 3.64. The van der Waals surface area contributed by atoms with Crippen molar-refractivity contribution in [2.75, 3.05) is 0 Å². The Morgan fingerprint density at radius 1 is 1.08 bits per heavy atom. The van der Waals surface area contributed by atoms with Crippen LogP contribution < -0.4 is 5.32 Å². The highest BCUT2D eigenvalue weighted by atomic mass is 16.1. The Bertz CT molecular complexity index is 1120. The first-order chi connectivity index (χ1) is 12.2. The van der Waals surface area contributed by atoms with Gasteiger partial charge in [-0.25, -0.2) is 4.98 Å². The zero-order valence-electron chi connectivity index (χ0n) is 13.3. The minimum atomic E-state index is -0.715. The summed E-state index contributed by atoms with van der Waals surface area (Å²) >= 11 is 0. The highest BCUT2D eigenvalue weighted by Crippen LogP contribution is 2.20. The molecule has 0 aliphatic carbocycles. The molecule has 0 aliphatic heterocycles. The molecule has 0 fully saturated rings. The topological polar surface area (TPSA) is 70.2 Å². The lowest BCUT2D eigenvalue weighted by molar-refractivity contribution is 0.0945. The normalized spacial score (nSPS) is 12.0. The van der Waals surface area contributed by atoms with Gasteiger partial charge in [0.1, 0.15) is 11.7 Å². The predicted molar refractivity (Wildman–Crippen MR) is 95.0 cm³/mol. The van der Waals surface area contributed by atoms with Crippen molar-refractivity contribution in [1.29, 1.82) is 5.26 Å². The molecule has 1 amide bonds. The first kappa shape index (κ1) is 14.9. The average Bonchev–Trinajstić information content (AvgIpc) is 3.13. The van der Waals surface area contributed by atoms with Crippen LogP contribution in [0.1, 0.15) is 22.0 Å². The molecular formula is C20H14N4O. The van der Waals surface area contributed by atoms with Gasteiger partial charge < -0.3 is 9.72 Å². The third kappa shape index (κ3) is 2.81. The largest absolute Gasteiger partial charge is 0.332 e. The minimum Gasteiger partial charge on any atom is -0.332 e. The summed E-state index contributed by atoms with van der Waals surface area (Å²) in [5.41, 5.74) is 1.92. The van der Waals surface area contributed by atoms with E-state index in [0.29, 0.717) is 11.2 Å². The molecule has 1 atom stereocenters. The molecular weight excluding hydrogens is 312 g/mol. The fourth-order valence-electron chi connectivity index (χ4n) is 2.84. The van der Waals surface area contributed by atoms with Crippen LogP contribution in [-0.2, 0) is 0 Å². The van der Waals surface area contributed by atoms with Gasteiger partial charge in [0.05, 0.1) is 6.07 Å². The standard InChI is InChI=1S/C20H14N4O/c21-13-18(16-6-5-14-3-1-2-4-15(14)11-16)23-20(25)17-7-9-24-10-8-22-19(24)12-17/h1-12,18H,(H,23,25). The molecule has 25 heavy (non-hydrogen) atoms. The van der Waals surface area contributed by atoms with Crippen molar-refractivity contribution in [1.82, 2.24) is 14.7 Å². The predicted octanol–water partition coefficient (Wildman–Crippen LogP) is 3.48. The van der Waals surface area contributed by atoms with Gasteiger partial charge in [-0.1, -0.05) is 36.4 Å². The van der Waals surface area contributed by atoms with Crippen molar-refractivity contribution in [3.05, 3.63) is 84.3 Å². The van der Waals surface area contributed by atoms with Gasteiger partial charge in [-0.05, 0) is 34.5 Å². The second-order valence-electron chi connectivity index (χ2n) is 5.75. The van der Waals surface area contributed by atoms with E-state index < -0.39 is 6.04 Å². The summed E-state index contributed by atoms with van der Waals surface area (Å²) < 4.78 is 1.82. The molecule has 1 unspecified atom stereocenters. The van der Waals surface area contributed by atoms with Crippen LogP contribution in [-0.4, -0.2) is 15.3 Å². The number of nitriles is 1. The summed E-state index contributed by atoms with van der Waals surface area (Å²) in [5, 5.41) is 14.4. The lowest BCUT2D eigenvalue weighted by Crippen LogP contribution is -2.27. The molecule has 0 spiro atoms. The van der Waals surface area contributed by atoms with Crippen LogP contribution in [0.5, 0.6) is 0 Å². The van der Waals surface area contributed by atoms with Crippen molar-refractivity contribution >= 4 is 22.3 Å². The Balaban J connectivity index is 1.61. The van der Waals surface area contributed by atoms with E-state index in [1.165, 1.54) is 0 Å². The number of nitrogens with zero attached hydrogens (tertiary/aromatic N) is 3. The van der Waals surface area contributed by atoms with Crippen molar-refractivity contribution in [3.63, 3.8) is 0 Å². The summed E-state index contributed by atoms with van der Waals surface area (Å²) in [5.74, 6) is -0.301. The molecule has 4 aromatic rings. The SMILES string of the molecule is N#CC(NC(=O)c1ccn2ccnc2c1)c1ccc2ccccc2c1. The number of benzene rings is 2. The van der Waals surface area contributed by atoms with Crippen molar-refractivity contribution < 1.29 is 4.79 Å². The molecule has 0 saturated heterocycles. The van der Waals surface area contributed by atoms with E-state index >= 15 is 0 Å². The maximum atomic E-state index is 12.5. The second kappa shape index (κ2) is 6.10. The maximum absolute atomic E-state index is 12.5. The summed E-state index contributed by atoms with van der Waals surface area (Å²) in [6.07, 6.45) is 5.25. The van der Waals surface area contributed by atoms with Gasteiger partial charge in [0.25, 0.3) is 5.91 Å². The number of carbonyl (C=O) groups excluding carboxylic acids is 1. The molecule has 4 rings (SSSR count). The molecule has 0 aliphatic rings. The van der Waals surface area contributed by atoms with E-state index in [-0.39, 0.29) is 5.91 Å². The minimum absolute atomic E-state index is 0.301. The van der Waals surface area contributed by atoms with Crippen molar-refractivity contribution in [2.24, 2.45) is 0 Å². The van der Waals surface area contributed by atoms with Gasteiger partial charge in [0.2, 0.25) is 0 Å². The average molecular weight is 326 g/mol. The van der Waals surface area contributed by atoms with Crippen LogP contribution in [0.2, 0.25) is 0 Å². The zero-order chi connectivity index (χ0) is 17.2. The summed E-state index contributed by atoms with van der Waals surface area (Å²) in [4.78, 5) is 16.7. The number of aromatic nitrogens is 2. The van der Waals surface area contributed by atoms with Crippen LogP contribution >= 0.6 is 0 Å².